The molecule has 4 aliphatic rings. The molecule has 0 aliphatic carbocycles. The Balaban J connectivity index is 0.000000144. The quantitative estimate of drug-likeness (QED) is 0.0325. The number of hydrogen-bond donors (Lipinski definition) is 0. The van der Waals surface area contributed by atoms with Crippen LogP contribution in [0.3, 0.4) is 0 Å². The van der Waals surface area contributed by atoms with Crippen molar-refractivity contribution in [3.05, 3.63) is 274 Å². The Morgan fingerprint density at radius 1 is 0.343 bits per heavy atom. The van der Waals surface area contributed by atoms with E-state index < -0.39 is 23.3 Å². The molecule has 4 fully saturated rings. The first-order valence-electron chi connectivity index (χ1n) is 50.7. The van der Waals surface area contributed by atoms with Crippen molar-refractivity contribution in [3.8, 4) is 45.0 Å². The summed E-state index contributed by atoms with van der Waals surface area (Å²) in [5.74, 6) is -1.95. The lowest BCUT2D eigenvalue weighted by Crippen LogP contribution is -2.38. The predicted molar refractivity (Wildman–Crippen MR) is 542 cm³/mol. The van der Waals surface area contributed by atoms with Gasteiger partial charge in [-0.25, -0.2) is 60.5 Å². The summed E-state index contributed by atoms with van der Waals surface area (Å²) < 4.78 is 68.7. The molecule has 10 aromatic heterocycles. The third kappa shape index (κ3) is 25.3. The van der Waals surface area contributed by atoms with Crippen molar-refractivity contribution in [2.45, 2.75) is 273 Å². The number of carbonyl (C=O) groups excluding carboxylic acids is 8. The molecule has 4 amide bonds. The van der Waals surface area contributed by atoms with E-state index in [1.807, 2.05) is 60.3 Å². The highest BCUT2D eigenvalue weighted by Crippen LogP contribution is 2.34. The minimum absolute atomic E-state index is 0.00351. The van der Waals surface area contributed by atoms with E-state index in [1.165, 1.54) is 24.3 Å². The highest BCUT2D eigenvalue weighted by molar-refractivity contribution is 5.96. The number of carbonyl (C=O) groups is 8. The van der Waals surface area contributed by atoms with Gasteiger partial charge in [-0.05, 0) is 224 Å². The van der Waals surface area contributed by atoms with Gasteiger partial charge in [0.1, 0.15) is 63.4 Å². The van der Waals surface area contributed by atoms with Gasteiger partial charge in [-0.2, -0.15) is 20.4 Å². The van der Waals surface area contributed by atoms with Gasteiger partial charge < -0.3 is 24.2 Å². The number of aromatic nitrogens is 15. The van der Waals surface area contributed by atoms with Gasteiger partial charge in [-0.15, -0.1) is 6.58 Å². The van der Waals surface area contributed by atoms with Crippen molar-refractivity contribution < 1.29 is 55.9 Å². The number of fused-ring (bicyclic) bond motifs is 4. The van der Waals surface area contributed by atoms with E-state index in [0.29, 0.717) is 145 Å². The van der Waals surface area contributed by atoms with Gasteiger partial charge in [-0.3, -0.25) is 43.3 Å². The van der Waals surface area contributed by atoms with Gasteiger partial charge >= 0.3 is 0 Å². The lowest BCUT2D eigenvalue weighted by molar-refractivity contribution is -0.119. The van der Waals surface area contributed by atoms with Gasteiger partial charge in [0.15, 0.2) is 28.4 Å². The molecule has 0 radical (unpaired) electrons. The molecular formula is C112H127F4N19O8. The van der Waals surface area contributed by atoms with E-state index in [-0.39, 0.29) is 116 Å². The molecule has 31 heteroatoms. The molecule has 4 saturated heterocycles. The van der Waals surface area contributed by atoms with Gasteiger partial charge in [-0.1, -0.05) is 116 Å². The molecule has 0 N–H and O–H groups in total. The monoisotopic (exact) mass is 1940 g/mol. The molecule has 27 nitrogen and oxygen atoms in total. The first-order valence-corrected chi connectivity index (χ1v) is 50.7. The van der Waals surface area contributed by atoms with E-state index in [2.05, 4.69) is 84.6 Å². The molecule has 18 rings (SSSR count). The van der Waals surface area contributed by atoms with E-state index in [9.17, 15) is 47.1 Å². The third-order valence-corrected chi connectivity index (χ3v) is 27.4. The molecular weight excluding hydrogens is 1820 g/mol. The van der Waals surface area contributed by atoms with Crippen LogP contribution in [0.25, 0.3) is 67.6 Å². The SMILES string of the molecule is C=CCC(=O)Cc1ccc(-c2cc3nc(C(=O)N4CCCCCC4C)cc(CC)n3n2)c(F)c1.CCCC(=O)Cc1ccc(-c2cc3nc(C(=O)N4CCCCCC4C)cc(CC)n3n2)c(F)c1.CCc1cc(C(=O)N2CCCCCC2C)nc2cc(-c3ccc(CC(=O)Cc4ccncc4)cc3F)nn12.CCc1cc(C(=O)N2CCCCCC2C)nc2cc(-c3ccc(CC(=O)Cn4ccnc4)cc3F)nn12. The Hall–Kier alpha value is -14.3. The summed E-state index contributed by atoms with van der Waals surface area (Å²) in [5.41, 5.74) is 13.5. The average molecular weight is 1940 g/mol. The standard InChI is InChI=1S/C30H32FN5O2.C28H31FN6O2.C27H33FN4O2.C27H31FN4O2/c1-3-23-18-28(30(38)35-14-6-4-5-7-20(35)2)33-29-19-27(34-36(23)29)25-9-8-22(17-26(25)31)16-24(37)15-21-10-12-32-13-11-21;1-3-21-15-26(28(37)34-11-6-4-5-7-19(34)2)31-27-16-25(32-35(21)27)23-9-8-20(14-24(23)29)13-22(36)17-33-12-10-30-18-33;2*1-4-9-21(33)14-19-11-12-22(23(28)15-19)24-17-26-29-25(16-20(5-2)32(26)30-24)27(34)31-13-8-6-7-10-18(31)3/h8-13,17-20H,3-7,14-16H2,1-2H3;8-10,12,14-16,18-19H,3-7,11,13,17H2,1-2H3;11-12,15-18H,4-10,13-14H2,1-3H3;4,11-12,15-18H,1,5-10,13-14H2,2-3H3. The molecule has 746 valence electrons. The molecule has 4 unspecified atom stereocenters. The molecule has 0 bridgehead atoms. The Morgan fingerprint density at radius 2 is 0.643 bits per heavy atom. The number of pyridine rings is 1. The molecule has 4 aromatic carbocycles. The molecule has 143 heavy (non-hydrogen) atoms. The van der Waals surface area contributed by atoms with Crippen LogP contribution >= 0.6 is 0 Å². The highest BCUT2D eigenvalue weighted by Gasteiger charge is 2.33. The van der Waals surface area contributed by atoms with Crippen LogP contribution in [0.5, 0.6) is 0 Å². The number of halogens is 4. The van der Waals surface area contributed by atoms with Crippen LogP contribution in [-0.4, -0.2) is 190 Å². The maximum absolute atomic E-state index is 15.2. The van der Waals surface area contributed by atoms with Crippen LogP contribution < -0.4 is 0 Å². The largest absolute Gasteiger partial charge is 0.335 e. The number of ketones is 4. The minimum atomic E-state index is -0.455. The molecule has 4 aliphatic heterocycles. The van der Waals surface area contributed by atoms with Crippen molar-refractivity contribution in [3.63, 3.8) is 0 Å². The number of rotatable bonds is 28. The number of Topliss-reactive ketones (excluding diaryl/α,β-unsaturated/α-hetero) is 4. The van der Waals surface area contributed by atoms with Crippen LogP contribution in [0, 0.1) is 23.3 Å². The van der Waals surface area contributed by atoms with Crippen molar-refractivity contribution in [2.75, 3.05) is 26.2 Å². The van der Waals surface area contributed by atoms with E-state index in [1.54, 1.807) is 163 Å². The summed E-state index contributed by atoms with van der Waals surface area (Å²) in [5, 5.41) is 18.4. The van der Waals surface area contributed by atoms with E-state index in [4.69, 9.17) is 0 Å². The van der Waals surface area contributed by atoms with E-state index in [0.717, 1.165) is 164 Å². The first kappa shape index (κ1) is 103. The van der Waals surface area contributed by atoms with Crippen LogP contribution in [0.2, 0.25) is 0 Å². The van der Waals surface area contributed by atoms with Gasteiger partial charge in [0.25, 0.3) is 23.6 Å². The van der Waals surface area contributed by atoms with Crippen molar-refractivity contribution in [2.24, 2.45) is 0 Å². The Morgan fingerprint density at radius 3 is 0.930 bits per heavy atom. The second-order valence-corrected chi connectivity index (χ2v) is 38.1. The van der Waals surface area contributed by atoms with Crippen molar-refractivity contribution in [1.29, 1.82) is 0 Å². The minimum Gasteiger partial charge on any atom is -0.335 e. The molecule has 14 heterocycles. The lowest BCUT2D eigenvalue weighted by Gasteiger charge is -2.27. The van der Waals surface area contributed by atoms with Crippen molar-refractivity contribution >= 4 is 69.4 Å². The zero-order valence-electron chi connectivity index (χ0n) is 83.3. The van der Waals surface area contributed by atoms with E-state index >= 15 is 8.78 Å². The van der Waals surface area contributed by atoms with Crippen LogP contribution in [0.4, 0.5) is 17.6 Å². The average Bonchev–Trinajstić information content (AvgIpc) is 1.64. The predicted octanol–water partition coefficient (Wildman–Crippen LogP) is 20.4. The zero-order valence-corrected chi connectivity index (χ0v) is 83.3. The Kier molecular flexibility index (Phi) is 34.6. The van der Waals surface area contributed by atoms with Crippen LogP contribution in [0.1, 0.15) is 277 Å². The number of hydrogen-bond acceptors (Lipinski definition) is 18. The molecule has 4 atom stereocenters. The first-order chi connectivity index (χ1) is 69.2. The zero-order chi connectivity index (χ0) is 101. The second kappa shape index (κ2) is 48.0. The van der Waals surface area contributed by atoms with Gasteiger partial charge in [0, 0.05) is 189 Å². The Bertz CT molecular complexity index is 6970. The summed E-state index contributed by atoms with van der Waals surface area (Å²) in [6.45, 7) is 25.0. The Labute approximate surface area is 831 Å². The topological polar surface area (TPSA) is 301 Å². The lowest BCUT2D eigenvalue weighted by atomic mass is 10.0. The summed E-state index contributed by atoms with van der Waals surface area (Å²) in [6, 6.07) is 37.6. The normalized spacial score (nSPS) is 16.3. The highest BCUT2D eigenvalue weighted by atomic mass is 19.1. The number of allylic oxidation sites excluding steroid dienone is 1. The molecule has 0 spiro atoms. The number of nitrogens with zero attached hydrogens (tertiary/aromatic N) is 19. The number of benzene rings is 4. The summed E-state index contributed by atoms with van der Waals surface area (Å²) in [6.07, 6.45) is 32.0. The number of imidazole rings is 1. The smallest absolute Gasteiger partial charge is 0.272 e. The molecule has 0 saturated carbocycles. The third-order valence-electron chi connectivity index (χ3n) is 27.4. The summed E-state index contributed by atoms with van der Waals surface area (Å²) in [4.78, 5) is 136. The number of likely N-dealkylation sites (tertiary alicyclic amines) is 4. The fourth-order valence-corrected chi connectivity index (χ4v) is 19.5. The fourth-order valence-electron chi connectivity index (χ4n) is 19.5. The maximum Gasteiger partial charge on any atom is 0.272 e. The second-order valence-electron chi connectivity index (χ2n) is 38.1. The van der Waals surface area contributed by atoms with Crippen molar-refractivity contribution in [1.82, 2.24) is 92.5 Å². The van der Waals surface area contributed by atoms with Crippen LogP contribution in [0.15, 0.2) is 177 Å². The summed E-state index contributed by atoms with van der Waals surface area (Å²) >= 11 is 0. The fraction of sp³-hybridized carbons (Fsp3) is 0.411. The van der Waals surface area contributed by atoms with Gasteiger partial charge in [0.05, 0.1) is 35.6 Å². The maximum atomic E-state index is 15.2. The number of aryl methyl sites for hydroxylation is 4. The van der Waals surface area contributed by atoms with Crippen LogP contribution in [-0.2, 0) is 83.5 Å². The van der Waals surface area contributed by atoms with Gasteiger partial charge in [0.2, 0.25) is 0 Å². The number of amides is 4. The summed E-state index contributed by atoms with van der Waals surface area (Å²) in [7, 11) is 0. The molecule has 14 aromatic rings.